The van der Waals surface area contributed by atoms with Crippen LogP contribution in [0.2, 0.25) is 0 Å². The van der Waals surface area contributed by atoms with Crippen LogP contribution in [0.4, 0.5) is 0 Å². The van der Waals surface area contributed by atoms with Crippen molar-refractivity contribution in [3.05, 3.63) is 0 Å². The highest BCUT2D eigenvalue weighted by Crippen LogP contribution is 2.14. The first-order valence-corrected chi connectivity index (χ1v) is 11.0. The van der Waals surface area contributed by atoms with Crippen molar-refractivity contribution in [2.24, 2.45) is 0 Å². The van der Waals surface area contributed by atoms with Crippen LogP contribution < -0.4 is 0 Å². The van der Waals surface area contributed by atoms with E-state index >= 15 is 0 Å². The van der Waals surface area contributed by atoms with Crippen LogP contribution in [0.15, 0.2) is 0 Å². The molecule has 1 N–H and O–H groups in total. The molecule has 0 saturated heterocycles. The number of hydrogen-bond donors (Lipinski definition) is 1. The molecule has 0 fully saturated rings. The Kier molecular flexibility index (Phi) is 15.1. The summed E-state index contributed by atoms with van der Waals surface area (Å²) in [5, 5.41) is 8.55. The Morgan fingerprint density at radius 2 is 1.20 bits per heavy atom. The van der Waals surface area contributed by atoms with Crippen molar-refractivity contribution in [3.63, 3.8) is 0 Å². The van der Waals surface area contributed by atoms with Crippen molar-refractivity contribution in [2.75, 3.05) is 11.5 Å². The van der Waals surface area contributed by atoms with Crippen molar-refractivity contribution in [2.45, 2.75) is 103 Å². The fourth-order valence-electron chi connectivity index (χ4n) is 2.51. The van der Waals surface area contributed by atoms with Crippen LogP contribution in [-0.4, -0.2) is 34.2 Å². The van der Waals surface area contributed by atoms with Gasteiger partial charge in [-0.1, -0.05) is 38.5 Å². The molecule has 0 aliphatic rings. The average Bonchev–Trinajstić information content (AvgIpc) is 2.49. The average molecular weight is 375 g/mol. The summed E-state index contributed by atoms with van der Waals surface area (Å²) < 4.78 is 5.29. The minimum Gasteiger partial charge on any atom is -0.481 e. The summed E-state index contributed by atoms with van der Waals surface area (Å²) in [5.41, 5.74) is -0.368. The fourth-order valence-corrected chi connectivity index (χ4v) is 3.53. The van der Waals surface area contributed by atoms with E-state index < -0.39 is 5.97 Å². The van der Waals surface area contributed by atoms with Gasteiger partial charge in [-0.05, 0) is 58.0 Å². The zero-order valence-corrected chi connectivity index (χ0v) is 17.3. The molecule has 0 heterocycles. The lowest BCUT2D eigenvalue weighted by atomic mass is 10.1. The molecule has 0 atom stereocenters. The first-order valence-electron chi connectivity index (χ1n) is 9.82. The smallest absolute Gasteiger partial charge is 0.306 e. The maximum Gasteiger partial charge on any atom is 0.306 e. The monoisotopic (exact) mass is 374 g/mol. The normalized spacial score (nSPS) is 11.5. The fraction of sp³-hybridized carbons (Fsp3) is 0.900. The number of carbonyl (C=O) groups is 2. The summed E-state index contributed by atoms with van der Waals surface area (Å²) in [7, 11) is 0. The van der Waals surface area contributed by atoms with Gasteiger partial charge in [0.1, 0.15) is 5.60 Å². The SMILES string of the molecule is CC(C)(C)OC(=O)CCCCCCCSCCCCCCCC(=O)O. The zero-order chi connectivity index (χ0) is 19.0. The van der Waals surface area contributed by atoms with Gasteiger partial charge in [-0.15, -0.1) is 0 Å². The van der Waals surface area contributed by atoms with Crippen molar-refractivity contribution in [1.29, 1.82) is 0 Å². The lowest BCUT2D eigenvalue weighted by molar-refractivity contribution is -0.155. The van der Waals surface area contributed by atoms with Gasteiger partial charge in [0, 0.05) is 12.8 Å². The molecular weight excluding hydrogens is 336 g/mol. The van der Waals surface area contributed by atoms with Gasteiger partial charge in [-0.2, -0.15) is 11.8 Å². The molecule has 0 spiro atoms. The lowest BCUT2D eigenvalue weighted by Gasteiger charge is -2.19. The Balaban J connectivity index is 3.17. The standard InChI is InChI=1S/C20H38O4S/c1-20(2,3)24-19(23)15-11-7-5-9-13-17-25-16-12-8-4-6-10-14-18(21)22/h4-17H2,1-3H3,(H,21,22). The number of unbranched alkanes of at least 4 members (excludes halogenated alkanes) is 8. The largest absolute Gasteiger partial charge is 0.481 e. The zero-order valence-electron chi connectivity index (χ0n) is 16.5. The topological polar surface area (TPSA) is 63.6 Å². The Morgan fingerprint density at radius 3 is 1.68 bits per heavy atom. The van der Waals surface area contributed by atoms with E-state index in [2.05, 4.69) is 0 Å². The number of esters is 1. The highest BCUT2D eigenvalue weighted by atomic mass is 32.2. The minimum atomic E-state index is -0.680. The molecule has 0 saturated carbocycles. The van der Waals surface area contributed by atoms with E-state index in [0.29, 0.717) is 12.8 Å². The van der Waals surface area contributed by atoms with Crippen LogP contribution in [0.5, 0.6) is 0 Å². The summed E-state index contributed by atoms with van der Waals surface area (Å²) >= 11 is 2.03. The van der Waals surface area contributed by atoms with Gasteiger partial charge in [0.25, 0.3) is 0 Å². The molecule has 0 bridgehead atoms. The molecule has 5 heteroatoms. The second kappa shape index (κ2) is 15.5. The first kappa shape index (κ1) is 24.3. The van der Waals surface area contributed by atoms with Crippen molar-refractivity contribution < 1.29 is 19.4 Å². The number of carboxylic acid groups (broad SMARTS) is 1. The molecule has 0 amide bonds. The van der Waals surface area contributed by atoms with Gasteiger partial charge in [-0.3, -0.25) is 9.59 Å². The molecule has 25 heavy (non-hydrogen) atoms. The van der Waals surface area contributed by atoms with Gasteiger partial charge in [0.15, 0.2) is 0 Å². The third-order valence-electron chi connectivity index (χ3n) is 3.77. The van der Waals surface area contributed by atoms with Gasteiger partial charge in [0.05, 0.1) is 0 Å². The van der Waals surface area contributed by atoms with Gasteiger partial charge < -0.3 is 9.84 Å². The number of rotatable bonds is 16. The van der Waals surface area contributed by atoms with Crippen molar-refractivity contribution in [1.82, 2.24) is 0 Å². The molecule has 148 valence electrons. The van der Waals surface area contributed by atoms with Crippen LogP contribution in [-0.2, 0) is 14.3 Å². The minimum absolute atomic E-state index is 0.0778. The predicted octanol–water partition coefficient (Wildman–Crippen LogP) is 5.83. The number of hydrogen-bond acceptors (Lipinski definition) is 4. The van der Waals surface area contributed by atoms with E-state index in [0.717, 1.165) is 32.1 Å². The Bertz CT molecular complexity index is 350. The Morgan fingerprint density at radius 1 is 0.760 bits per heavy atom. The van der Waals surface area contributed by atoms with Crippen LogP contribution in [0.1, 0.15) is 97.8 Å². The number of carbonyl (C=O) groups excluding carboxylic acids is 1. The summed E-state index contributed by atoms with van der Waals surface area (Å²) in [6, 6.07) is 0. The molecule has 0 aliphatic heterocycles. The molecule has 0 aromatic carbocycles. The summed E-state index contributed by atoms with van der Waals surface area (Å²) in [6.45, 7) is 5.71. The third-order valence-corrected chi connectivity index (χ3v) is 4.92. The van der Waals surface area contributed by atoms with Crippen LogP contribution >= 0.6 is 11.8 Å². The maximum absolute atomic E-state index is 11.6. The van der Waals surface area contributed by atoms with Crippen LogP contribution in [0.3, 0.4) is 0 Å². The second-order valence-corrected chi connectivity index (χ2v) is 8.85. The highest BCUT2D eigenvalue weighted by Gasteiger charge is 2.15. The third kappa shape index (κ3) is 21.2. The van der Waals surface area contributed by atoms with Crippen LogP contribution in [0, 0.1) is 0 Å². The van der Waals surface area contributed by atoms with E-state index in [1.807, 2.05) is 32.5 Å². The molecule has 0 aliphatic carbocycles. The van der Waals surface area contributed by atoms with E-state index in [-0.39, 0.29) is 11.6 Å². The number of thioether (sulfide) groups is 1. The number of aliphatic carboxylic acids is 1. The second-order valence-electron chi connectivity index (χ2n) is 7.63. The molecular formula is C20H38O4S. The summed E-state index contributed by atoms with van der Waals surface area (Å²) in [6.07, 6.45) is 12.1. The molecule has 4 nitrogen and oxygen atoms in total. The first-order chi connectivity index (χ1) is 11.8. The summed E-state index contributed by atoms with van der Waals surface area (Å²) in [5.74, 6) is 1.69. The molecule has 0 aromatic rings. The predicted molar refractivity (Wildman–Crippen MR) is 106 cm³/mol. The van der Waals surface area contributed by atoms with Crippen LogP contribution in [0.25, 0.3) is 0 Å². The van der Waals surface area contributed by atoms with Gasteiger partial charge in [-0.25, -0.2) is 0 Å². The molecule has 0 radical (unpaired) electrons. The quantitative estimate of drug-likeness (QED) is 0.272. The van der Waals surface area contributed by atoms with E-state index in [1.165, 1.54) is 43.6 Å². The molecule has 0 rings (SSSR count). The highest BCUT2D eigenvalue weighted by molar-refractivity contribution is 7.99. The number of ether oxygens (including phenoxy) is 1. The molecule has 0 unspecified atom stereocenters. The van der Waals surface area contributed by atoms with Crippen molar-refractivity contribution >= 4 is 23.7 Å². The number of carboxylic acids is 1. The van der Waals surface area contributed by atoms with E-state index in [1.54, 1.807) is 0 Å². The summed E-state index contributed by atoms with van der Waals surface area (Å²) in [4.78, 5) is 21.9. The Labute approximate surface area is 158 Å². The van der Waals surface area contributed by atoms with Gasteiger partial charge >= 0.3 is 11.9 Å². The van der Waals surface area contributed by atoms with E-state index in [4.69, 9.17) is 9.84 Å². The van der Waals surface area contributed by atoms with E-state index in [9.17, 15) is 9.59 Å². The molecule has 0 aromatic heterocycles. The lowest BCUT2D eigenvalue weighted by Crippen LogP contribution is -2.23. The Hall–Kier alpha value is -0.710. The maximum atomic E-state index is 11.6. The van der Waals surface area contributed by atoms with Crippen molar-refractivity contribution in [3.8, 4) is 0 Å². The van der Waals surface area contributed by atoms with Gasteiger partial charge in [0.2, 0.25) is 0 Å².